The van der Waals surface area contributed by atoms with E-state index in [9.17, 15) is 15.0 Å². The van der Waals surface area contributed by atoms with Crippen LogP contribution in [0.3, 0.4) is 0 Å². The molecular weight excluding hydrogens is 268 g/mol. The largest absolute Gasteiger partial charge is 0.508 e. The predicted octanol–water partition coefficient (Wildman–Crippen LogP) is 1.86. The van der Waals surface area contributed by atoms with Crippen LogP contribution in [0.5, 0.6) is 11.5 Å². The Morgan fingerprint density at radius 2 is 1.95 bits per heavy atom. The van der Waals surface area contributed by atoms with Crippen molar-refractivity contribution < 1.29 is 15.0 Å². The number of carbonyl (C=O) groups is 1. The van der Waals surface area contributed by atoms with Crippen LogP contribution in [-0.4, -0.2) is 27.6 Å². The average Bonchev–Trinajstić information content (AvgIpc) is 2.49. The number of aromatic nitrogens is 1. The summed E-state index contributed by atoms with van der Waals surface area (Å²) in [6, 6.07) is 8.19. The van der Waals surface area contributed by atoms with Crippen LogP contribution in [0, 0.1) is 0 Å². The summed E-state index contributed by atoms with van der Waals surface area (Å²) >= 11 is 0. The number of phenols is 2. The van der Waals surface area contributed by atoms with Gasteiger partial charge in [0.15, 0.2) is 0 Å². The van der Waals surface area contributed by atoms with Crippen LogP contribution in [0.1, 0.15) is 11.1 Å². The molecule has 0 atom stereocenters. The van der Waals surface area contributed by atoms with Gasteiger partial charge in [0.25, 0.3) is 0 Å². The number of rotatable bonds is 5. The number of aromatic hydroxyl groups is 2. The summed E-state index contributed by atoms with van der Waals surface area (Å²) < 4.78 is 0. The maximum atomic E-state index is 11.6. The van der Waals surface area contributed by atoms with E-state index in [1.807, 2.05) is 6.07 Å². The number of nitrogens with zero attached hydrogens (tertiary/aromatic N) is 1. The molecule has 1 aromatic carbocycles. The van der Waals surface area contributed by atoms with E-state index in [-0.39, 0.29) is 17.4 Å². The van der Waals surface area contributed by atoms with Gasteiger partial charge in [-0.3, -0.25) is 9.78 Å². The summed E-state index contributed by atoms with van der Waals surface area (Å²) in [7, 11) is 0. The summed E-state index contributed by atoms with van der Waals surface area (Å²) in [6.45, 7) is 0.321. The lowest BCUT2D eigenvalue weighted by molar-refractivity contribution is -0.116. The van der Waals surface area contributed by atoms with E-state index in [4.69, 9.17) is 0 Å². The van der Waals surface area contributed by atoms with Gasteiger partial charge in [-0.05, 0) is 36.3 Å². The fourth-order valence-electron chi connectivity index (χ4n) is 1.84. The number of nitrogens with one attached hydrogen (secondary N) is 1. The Bertz CT molecular complexity index is 619. The van der Waals surface area contributed by atoms with Gasteiger partial charge >= 0.3 is 0 Å². The molecule has 21 heavy (non-hydrogen) atoms. The first-order valence-electron chi connectivity index (χ1n) is 6.52. The maximum absolute atomic E-state index is 11.6. The van der Waals surface area contributed by atoms with Crippen LogP contribution in [0.15, 0.2) is 48.8 Å². The minimum absolute atomic E-state index is 0.0233. The molecule has 108 valence electrons. The molecule has 5 heteroatoms. The average molecular weight is 284 g/mol. The molecule has 0 fully saturated rings. The second-order valence-electron chi connectivity index (χ2n) is 4.44. The van der Waals surface area contributed by atoms with Gasteiger partial charge in [0.05, 0.1) is 0 Å². The molecule has 0 saturated heterocycles. The molecule has 0 spiro atoms. The highest BCUT2D eigenvalue weighted by molar-refractivity contribution is 5.91. The van der Waals surface area contributed by atoms with Crippen LogP contribution < -0.4 is 5.32 Å². The zero-order chi connectivity index (χ0) is 15.1. The zero-order valence-electron chi connectivity index (χ0n) is 11.4. The van der Waals surface area contributed by atoms with Crippen molar-refractivity contribution in [3.8, 4) is 11.5 Å². The van der Waals surface area contributed by atoms with E-state index in [2.05, 4.69) is 10.3 Å². The Kier molecular flexibility index (Phi) is 4.93. The van der Waals surface area contributed by atoms with Crippen LogP contribution in [0.4, 0.5) is 0 Å². The molecule has 0 aliphatic heterocycles. The second kappa shape index (κ2) is 7.09. The van der Waals surface area contributed by atoms with E-state index in [0.29, 0.717) is 18.5 Å². The third-order valence-corrected chi connectivity index (χ3v) is 2.91. The van der Waals surface area contributed by atoms with E-state index in [1.165, 1.54) is 18.2 Å². The Morgan fingerprint density at radius 1 is 1.19 bits per heavy atom. The van der Waals surface area contributed by atoms with E-state index >= 15 is 0 Å². The predicted molar refractivity (Wildman–Crippen MR) is 79.8 cm³/mol. The molecule has 2 aromatic rings. The van der Waals surface area contributed by atoms with Crippen LogP contribution >= 0.6 is 0 Å². The number of pyridine rings is 1. The Balaban J connectivity index is 1.84. The number of carbonyl (C=O) groups excluding carboxylic acids is 1. The third kappa shape index (κ3) is 4.35. The van der Waals surface area contributed by atoms with Crippen molar-refractivity contribution in [2.45, 2.75) is 6.42 Å². The van der Waals surface area contributed by atoms with Crippen molar-refractivity contribution in [1.82, 2.24) is 10.3 Å². The minimum atomic E-state index is -0.242. The lowest BCUT2D eigenvalue weighted by Gasteiger charge is -2.07. The van der Waals surface area contributed by atoms with E-state index in [0.717, 1.165) is 5.56 Å². The van der Waals surface area contributed by atoms with Crippen LogP contribution in [0.25, 0.3) is 6.08 Å². The number of benzene rings is 1. The minimum Gasteiger partial charge on any atom is -0.508 e. The molecule has 0 aliphatic rings. The quantitative estimate of drug-likeness (QED) is 0.732. The van der Waals surface area contributed by atoms with Crippen molar-refractivity contribution in [2.75, 3.05) is 6.54 Å². The Labute approximate surface area is 122 Å². The van der Waals surface area contributed by atoms with Crippen LogP contribution in [0.2, 0.25) is 0 Å². The molecule has 1 heterocycles. The van der Waals surface area contributed by atoms with Crippen molar-refractivity contribution in [3.63, 3.8) is 0 Å². The molecule has 0 unspecified atom stereocenters. The van der Waals surface area contributed by atoms with Gasteiger partial charge in [0, 0.05) is 30.6 Å². The summed E-state index contributed by atoms with van der Waals surface area (Å²) in [6.07, 6.45) is 6.76. The number of amides is 1. The first kappa shape index (κ1) is 14.6. The molecule has 0 aliphatic carbocycles. The fourth-order valence-corrected chi connectivity index (χ4v) is 1.84. The Morgan fingerprint density at radius 3 is 2.62 bits per heavy atom. The standard InChI is InChI=1S/C16H16N2O3/c19-14-4-1-5-15(20)13(14)8-10-18-16(21)7-6-12-3-2-9-17-11-12/h1-7,9,11,19-20H,8,10H2,(H,18,21). The molecule has 1 amide bonds. The SMILES string of the molecule is O=C(C=Cc1cccnc1)NCCc1c(O)cccc1O. The molecule has 2 rings (SSSR count). The third-order valence-electron chi connectivity index (χ3n) is 2.91. The molecular formula is C16H16N2O3. The molecule has 3 N–H and O–H groups in total. The fraction of sp³-hybridized carbons (Fsp3) is 0.125. The van der Waals surface area contributed by atoms with Crippen LogP contribution in [-0.2, 0) is 11.2 Å². The first-order valence-corrected chi connectivity index (χ1v) is 6.52. The number of phenolic OH excluding ortho intramolecular Hbond substituents is 2. The molecule has 5 nitrogen and oxygen atoms in total. The van der Waals surface area contributed by atoms with Gasteiger partial charge in [-0.15, -0.1) is 0 Å². The summed E-state index contributed by atoms with van der Waals surface area (Å²) in [4.78, 5) is 15.6. The highest BCUT2D eigenvalue weighted by Crippen LogP contribution is 2.26. The smallest absolute Gasteiger partial charge is 0.244 e. The highest BCUT2D eigenvalue weighted by atomic mass is 16.3. The second-order valence-corrected chi connectivity index (χ2v) is 4.44. The summed E-state index contributed by atoms with van der Waals surface area (Å²) in [5.41, 5.74) is 1.26. The Hall–Kier alpha value is -2.82. The van der Waals surface area contributed by atoms with Gasteiger partial charge < -0.3 is 15.5 Å². The normalized spacial score (nSPS) is 10.7. The van der Waals surface area contributed by atoms with Gasteiger partial charge in [0.2, 0.25) is 5.91 Å². The topological polar surface area (TPSA) is 82.5 Å². The zero-order valence-corrected chi connectivity index (χ0v) is 11.4. The number of hydrogen-bond donors (Lipinski definition) is 3. The lowest BCUT2D eigenvalue weighted by atomic mass is 10.1. The van der Waals surface area contributed by atoms with Gasteiger partial charge in [0.1, 0.15) is 11.5 Å². The molecule has 0 bridgehead atoms. The summed E-state index contributed by atoms with van der Waals surface area (Å²) in [5, 5.41) is 21.9. The van der Waals surface area contributed by atoms with Gasteiger partial charge in [-0.1, -0.05) is 12.1 Å². The van der Waals surface area contributed by atoms with E-state index < -0.39 is 0 Å². The molecule has 0 radical (unpaired) electrons. The van der Waals surface area contributed by atoms with Crippen molar-refractivity contribution in [1.29, 1.82) is 0 Å². The van der Waals surface area contributed by atoms with Crippen molar-refractivity contribution in [3.05, 3.63) is 59.9 Å². The first-order chi connectivity index (χ1) is 10.2. The van der Waals surface area contributed by atoms with Gasteiger partial charge in [-0.2, -0.15) is 0 Å². The number of hydrogen-bond acceptors (Lipinski definition) is 4. The van der Waals surface area contributed by atoms with E-state index in [1.54, 1.807) is 30.6 Å². The highest BCUT2D eigenvalue weighted by Gasteiger charge is 2.06. The molecule has 0 saturated carbocycles. The monoisotopic (exact) mass is 284 g/mol. The van der Waals surface area contributed by atoms with Crippen molar-refractivity contribution >= 4 is 12.0 Å². The lowest BCUT2D eigenvalue weighted by Crippen LogP contribution is -2.23. The molecule has 1 aromatic heterocycles. The van der Waals surface area contributed by atoms with Gasteiger partial charge in [-0.25, -0.2) is 0 Å². The maximum Gasteiger partial charge on any atom is 0.244 e. The van der Waals surface area contributed by atoms with Crippen molar-refractivity contribution in [2.24, 2.45) is 0 Å². The summed E-state index contributed by atoms with van der Waals surface area (Å²) in [5.74, 6) is -0.195.